The Morgan fingerprint density at radius 3 is 2.25 bits per heavy atom. The number of thioether (sulfide) groups is 1. The van der Waals surface area contributed by atoms with E-state index in [1.807, 2.05) is 31.9 Å². The number of piperazine rings is 1. The minimum atomic E-state index is -3.32. The van der Waals surface area contributed by atoms with Crippen LogP contribution >= 0.6 is 11.8 Å². The van der Waals surface area contributed by atoms with Gasteiger partial charge >= 0.3 is 273 Å². The van der Waals surface area contributed by atoms with Crippen LogP contribution in [0.15, 0.2) is 5.16 Å². The molecule has 0 saturated carbocycles. The van der Waals surface area contributed by atoms with Crippen LogP contribution in [0.5, 0.6) is 5.88 Å². The van der Waals surface area contributed by atoms with E-state index in [0.29, 0.717) is 34.3 Å². The van der Waals surface area contributed by atoms with Crippen LogP contribution < -0.4 is 13.3 Å². The van der Waals surface area contributed by atoms with Gasteiger partial charge in [0.2, 0.25) is 0 Å². The number of pyridine rings is 1. The molecule has 0 radical (unpaired) electrons. The number of hydrogen-bond acceptors (Lipinski definition) is 8. The molecule has 2 aromatic heterocycles. The molecule has 2 fully saturated rings. The molecule has 11 heteroatoms. The normalized spacial score (nSPS) is 23.0. The van der Waals surface area contributed by atoms with Crippen molar-refractivity contribution in [3.05, 3.63) is 5.82 Å². The van der Waals surface area contributed by atoms with Crippen molar-refractivity contribution in [3.63, 3.8) is 0 Å². The zero-order valence-electron chi connectivity index (χ0n) is 28.0. The summed E-state index contributed by atoms with van der Waals surface area (Å²) in [4.78, 5) is 32.8. The van der Waals surface area contributed by atoms with Gasteiger partial charge in [0.05, 0.1) is 0 Å². The van der Waals surface area contributed by atoms with Gasteiger partial charge in [-0.25, -0.2) is 0 Å². The van der Waals surface area contributed by atoms with Gasteiger partial charge in [0.1, 0.15) is 0 Å². The van der Waals surface area contributed by atoms with Crippen LogP contribution in [-0.2, 0) is 4.74 Å². The molecule has 44 heavy (non-hydrogen) atoms. The van der Waals surface area contributed by atoms with E-state index < -0.39 is 24.0 Å². The predicted octanol–water partition coefficient (Wildman–Crippen LogP) is 7.68. The third-order valence-corrected chi connectivity index (χ3v) is 25.4. The SMILES string of the molecule is CCC[CH2][Sn]([CH2]CCC)([CH2]CCC)[c]1nc2c3c(nc(SC)nc3c1F)N1C[C@H]3CC[C@@H]([C@H]1[C@H](C)O2)N3C(=O)OC(C)(C)C. The van der Waals surface area contributed by atoms with Crippen molar-refractivity contribution in [2.24, 2.45) is 0 Å². The molecule has 5 heterocycles. The Morgan fingerprint density at radius 1 is 1.05 bits per heavy atom. The molecular formula is C33H52FN5O3SSn. The van der Waals surface area contributed by atoms with Crippen molar-refractivity contribution in [3.8, 4) is 5.88 Å². The summed E-state index contributed by atoms with van der Waals surface area (Å²) in [5.41, 5.74) is -0.217. The fourth-order valence-electron chi connectivity index (χ4n) is 7.74. The molecule has 0 aliphatic carbocycles. The predicted molar refractivity (Wildman–Crippen MR) is 180 cm³/mol. The first-order chi connectivity index (χ1) is 21.0. The van der Waals surface area contributed by atoms with Gasteiger partial charge in [-0.2, -0.15) is 0 Å². The Bertz CT molecular complexity index is 1340. The van der Waals surface area contributed by atoms with Gasteiger partial charge in [-0.1, -0.05) is 0 Å². The van der Waals surface area contributed by atoms with E-state index in [9.17, 15) is 4.79 Å². The van der Waals surface area contributed by atoms with Crippen molar-refractivity contribution in [1.29, 1.82) is 0 Å². The van der Waals surface area contributed by atoms with Gasteiger partial charge in [-0.05, 0) is 0 Å². The summed E-state index contributed by atoms with van der Waals surface area (Å²) in [6, 6.07) is -0.277. The van der Waals surface area contributed by atoms with Crippen LogP contribution in [0, 0.1) is 5.82 Å². The summed E-state index contributed by atoms with van der Waals surface area (Å²) < 4.78 is 33.9. The average molecular weight is 737 g/mol. The zero-order chi connectivity index (χ0) is 31.8. The van der Waals surface area contributed by atoms with Crippen molar-refractivity contribution in [2.75, 3.05) is 17.7 Å². The molecule has 3 aliphatic rings. The fourth-order valence-corrected chi connectivity index (χ4v) is 23.7. The van der Waals surface area contributed by atoms with Crippen LogP contribution in [0.2, 0.25) is 13.3 Å². The number of halogens is 1. The standard InChI is InChI=1S/C21H25FN5O3S.3C4H9.Sn/c1-10-16-13-7-6-11(27(13)20(28)30-21(2,3)4)9-26(16)17-14-15(24-19(25-17)31-5)12(22)8-23-18(14)29-10;3*1-3-4-2;/h10-11,13,16H,6-7,9H2,1-5H3;3*1,3-4H2,2H3;/t10-,11+,13-,16+;;;;/m0..../s1. The Labute approximate surface area is 271 Å². The second-order valence-corrected chi connectivity index (χ2v) is 27.8. The van der Waals surface area contributed by atoms with Gasteiger partial charge in [0.15, 0.2) is 0 Å². The Kier molecular flexibility index (Phi) is 10.5. The number of unbranched alkanes of at least 4 members (excludes halogenated alkanes) is 3. The zero-order valence-corrected chi connectivity index (χ0v) is 31.7. The van der Waals surface area contributed by atoms with Crippen molar-refractivity contribution < 1.29 is 18.7 Å². The molecule has 2 aromatic rings. The second-order valence-electron chi connectivity index (χ2n) is 14.1. The van der Waals surface area contributed by atoms with Crippen LogP contribution in [0.1, 0.15) is 99.8 Å². The van der Waals surface area contributed by atoms with E-state index in [0.717, 1.165) is 68.4 Å². The molecule has 4 atom stereocenters. The first kappa shape index (κ1) is 33.8. The molecule has 2 saturated heterocycles. The van der Waals surface area contributed by atoms with Gasteiger partial charge in [-0.3, -0.25) is 0 Å². The summed E-state index contributed by atoms with van der Waals surface area (Å²) in [7, 11) is 0. The maximum atomic E-state index is 17.2. The number of aromatic nitrogens is 3. The number of rotatable bonds is 11. The van der Waals surface area contributed by atoms with E-state index >= 15 is 4.39 Å². The summed E-state index contributed by atoms with van der Waals surface area (Å²) in [6.07, 6.45) is 9.75. The molecule has 1 amide bonds. The Morgan fingerprint density at radius 2 is 1.68 bits per heavy atom. The number of carbonyl (C=O) groups is 1. The molecule has 5 rings (SSSR count). The number of anilines is 1. The first-order valence-corrected chi connectivity index (χ1v) is 25.6. The maximum absolute atomic E-state index is 17.2. The first-order valence-electron chi connectivity index (χ1n) is 16.9. The monoisotopic (exact) mass is 737 g/mol. The summed E-state index contributed by atoms with van der Waals surface area (Å²) in [5.74, 6) is 0.942. The van der Waals surface area contributed by atoms with Gasteiger partial charge in [0.25, 0.3) is 0 Å². The molecule has 0 unspecified atom stereocenters. The number of amides is 1. The second kappa shape index (κ2) is 13.7. The molecule has 0 spiro atoms. The van der Waals surface area contributed by atoms with Gasteiger partial charge in [-0.15, -0.1) is 0 Å². The van der Waals surface area contributed by atoms with Crippen molar-refractivity contribution in [2.45, 2.75) is 148 Å². The van der Waals surface area contributed by atoms with E-state index in [-0.39, 0.29) is 36.1 Å². The van der Waals surface area contributed by atoms with Gasteiger partial charge in [0, 0.05) is 0 Å². The molecule has 0 aromatic carbocycles. The van der Waals surface area contributed by atoms with E-state index in [1.165, 1.54) is 11.8 Å². The summed E-state index contributed by atoms with van der Waals surface area (Å²) in [5, 5.41) is 1.14. The van der Waals surface area contributed by atoms with E-state index in [1.54, 1.807) is 0 Å². The van der Waals surface area contributed by atoms with Gasteiger partial charge < -0.3 is 0 Å². The Hall–Kier alpha value is -1.56. The fraction of sp³-hybridized carbons (Fsp3) is 0.758. The number of hydrogen-bond donors (Lipinski definition) is 0. The quantitative estimate of drug-likeness (QED) is 0.132. The topological polar surface area (TPSA) is 80.7 Å². The van der Waals surface area contributed by atoms with Crippen molar-refractivity contribution in [1.82, 2.24) is 19.9 Å². The van der Waals surface area contributed by atoms with Crippen LogP contribution in [-0.4, -0.2) is 87.0 Å². The molecule has 8 nitrogen and oxygen atoms in total. The molecule has 244 valence electrons. The Balaban J connectivity index is 1.67. The van der Waals surface area contributed by atoms with E-state index in [2.05, 4.69) is 32.6 Å². The number of fused-ring (bicyclic) bond motifs is 5. The third-order valence-electron chi connectivity index (χ3n) is 9.79. The third kappa shape index (κ3) is 6.36. The molecule has 3 aliphatic heterocycles. The number of carbonyl (C=O) groups excluding carboxylic acids is 1. The van der Waals surface area contributed by atoms with Crippen LogP contribution in [0.4, 0.5) is 15.0 Å². The molecule has 0 N–H and O–H groups in total. The van der Waals surface area contributed by atoms with E-state index in [4.69, 9.17) is 24.4 Å². The molecular weight excluding hydrogens is 684 g/mol. The van der Waals surface area contributed by atoms with Crippen molar-refractivity contribution >= 4 is 56.7 Å². The number of nitrogens with zero attached hydrogens (tertiary/aromatic N) is 5. The van der Waals surface area contributed by atoms with Crippen LogP contribution in [0.25, 0.3) is 10.9 Å². The minimum absolute atomic E-state index is 0.0133. The molecule has 2 bridgehead atoms. The summed E-state index contributed by atoms with van der Waals surface area (Å²) in [6.45, 7) is 15.1. The number of ether oxygens (including phenoxy) is 2. The van der Waals surface area contributed by atoms with Crippen LogP contribution in [0.3, 0.4) is 0 Å². The summed E-state index contributed by atoms with van der Waals surface area (Å²) >= 11 is -1.88. The average Bonchev–Trinajstić information content (AvgIpc) is 3.23.